The van der Waals surface area contributed by atoms with Crippen LogP contribution in [0.3, 0.4) is 0 Å². The molecule has 0 amide bonds. The highest BCUT2D eigenvalue weighted by Gasteiger charge is 2.34. The van der Waals surface area contributed by atoms with E-state index in [2.05, 4.69) is 32.2 Å². The van der Waals surface area contributed by atoms with E-state index in [4.69, 9.17) is 10.8 Å². The molecule has 0 heterocycles. The number of carboxylic acid groups (broad SMARTS) is 1. The quantitative estimate of drug-likeness (QED) is 0.471. The van der Waals surface area contributed by atoms with Crippen LogP contribution in [0, 0.1) is 17.3 Å². The molecule has 0 aromatic heterocycles. The van der Waals surface area contributed by atoms with Crippen LogP contribution in [0.2, 0.25) is 0 Å². The monoisotopic (exact) mass is 324 g/mol. The van der Waals surface area contributed by atoms with Crippen LogP contribution < -0.4 is 11.1 Å². The Kier molecular flexibility index (Phi) is 6.96. The number of carboxylic acids is 1. The van der Waals surface area contributed by atoms with Gasteiger partial charge in [-0.15, -0.1) is 0 Å². The number of carbonyl (C=O) groups is 2. The molecule has 3 unspecified atom stereocenters. The molecule has 0 bridgehead atoms. The molecular weight excluding hydrogens is 292 g/mol. The third-order valence-corrected chi connectivity index (χ3v) is 4.71. The zero-order chi connectivity index (χ0) is 17.7. The third-order valence-electron chi connectivity index (χ3n) is 4.71. The van der Waals surface area contributed by atoms with Crippen LogP contribution in [0.15, 0.2) is 12.2 Å². The van der Waals surface area contributed by atoms with Gasteiger partial charge in [0.1, 0.15) is 6.29 Å². The zero-order valence-electron chi connectivity index (χ0n) is 14.8. The van der Waals surface area contributed by atoms with Crippen LogP contribution in [-0.4, -0.2) is 35.5 Å². The second-order valence-electron chi connectivity index (χ2n) is 8.15. The minimum atomic E-state index is -0.997. The average molecular weight is 324 g/mol. The van der Waals surface area contributed by atoms with Gasteiger partial charge in [-0.1, -0.05) is 39.3 Å². The lowest BCUT2D eigenvalue weighted by molar-refractivity contribution is -0.138. The van der Waals surface area contributed by atoms with E-state index in [9.17, 15) is 9.59 Å². The van der Waals surface area contributed by atoms with Crippen LogP contribution in [0.1, 0.15) is 53.4 Å². The summed E-state index contributed by atoms with van der Waals surface area (Å²) in [6, 6.07) is -0.697. The highest BCUT2D eigenvalue weighted by Crippen LogP contribution is 2.44. The van der Waals surface area contributed by atoms with Crippen LogP contribution >= 0.6 is 0 Å². The minimum Gasteiger partial charge on any atom is -0.481 e. The van der Waals surface area contributed by atoms with E-state index in [-0.39, 0.29) is 6.42 Å². The van der Waals surface area contributed by atoms with Crippen LogP contribution in [0.5, 0.6) is 0 Å². The van der Waals surface area contributed by atoms with E-state index in [1.807, 2.05) is 13.0 Å². The van der Waals surface area contributed by atoms with Crippen molar-refractivity contribution in [3.8, 4) is 0 Å². The predicted octanol–water partition coefficient (Wildman–Crippen LogP) is 2.35. The van der Waals surface area contributed by atoms with Gasteiger partial charge >= 0.3 is 5.97 Å². The molecule has 5 nitrogen and oxygen atoms in total. The van der Waals surface area contributed by atoms with Gasteiger partial charge in [0.05, 0.1) is 12.5 Å². The van der Waals surface area contributed by atoms with E-state index in [0.29, 0.717) is 30.1 Å². The Hall–Kier alpha value is -1.20. The summed E-state index contributed by atoms with van der Waals surface area (Å²) in [7, 11) is 0. The van der Waals surface area contributed by atoms with E-state index in [0.717, 1.165) is 0 Å². The third kappa shape index (κ3) is 6.83. The maximum Gasteiger partial charge on any atom is 0.305 e. The molecule has 0 aliphatic heterocycles. The Morgan fingerprint density at radius 2 is 2.00 bits per heavy atom. The number of nitrogens with one attached hydrogen (secondary N) is 1. The van der Waals surface area contributed by atoms with Crippen molar-refractivity contribution in [2.24, 2.45) is 23.0 Å². The van der Waals surface area contributed by atoms with Crippen molar-refractivity contribution < 1.29 is 14.7 Å². The van der Waals surface area contributed by atoms with Crippen LogP contribution in [-0.2, 0) is 9.59 Å². The average Bonchev–Trinajstić information content (AvgIpc) is 2.89. The first-order valence-electron chi connectivity index (χ1n) is 8.44. The summed E-state index contributed by atoms with van der Waals surface area (Å²) >= 11 is 0. The topological polar surface area (TPSA) is 92.4 Å². The molecule has 23 heavy (non-hydrogen) atoms. The summed E-state index contributed by atoms with van der Waals surface area (Å²) in [5.74, 6) is 0.207. The Morgan fingerprint density at radius 1 is 1.35 bits per heavy atom. The van der Waals surface area contributed by atoms with Gasteiger partial charge in [-0.05, 0) is 37.0 Å². The van der Waals surface area contributed by atoms with Gasteiger partial charge in [-0.3, -0.25) is 4.79 Å². The van der Waals surface area contributed by atoms with Crippen LogP contribution in [0.25, 0.3) is 0 Å². The number of aldehydes is 1. The van der Waals surface area contributed by atoms with Crippen molar-refractivity contribution in [3.05, 3.63) is 12.2 Å². The highest BCUT2D eigenvalue weighted by molar-refractivity contribution is 5.73. The lowest BCUT2D eigenvalue weighted by Gasteiger charge is -2.31. The minimum absolute atomic E-state index is 0.224. The first-order valence-corrected chi connectivity index (χ1v) is 8.44. The summed E-state index contributed by atoms with van der Waals surface area (Å²) < 4.78 is 0. The summed E-state index contributed by atoms with van der Waals surface area (Å²) in [6.07, 6.45) is 8.33. The fourth-order valence-electron chi connectivity index (χ4n) is 3.40. The molecule has 4 N–H and O–H groups in total. The molecule has 5 heteroatoms. The normalized spacial score (nSPS) is 26.1. The Bertz CT molecular complexity index is 438. The summed E-state index contributed by atoms with van der Waals surface area (Å²) in [5.41, 5.74) is 5.95. The number of carbonyl (C=O) groups excluding carboxylic acids is 1. The number of hydrogen-bond donors (Lipinski definition) is 3. The lowest BCUT2D eigenvalue weighted by atomic mass is 9.74. The van der Waals surface area contributed by atoms with Gasteiger partial charge < -0.3 is 21.0 Å². The van der Waals surface area contributed by atoms with Crippen molar-refractivity contribution in [2.75, 3.05) is 6.54 Å². The van der Waals surface area contributed by atoms with Crippen molar-refractivity contribution in [1.29, 1.82) is 0 Å². The maximum atomic E-state index is 10.9. The van der Waals surface area contributed by atoms with Gasteiger partial charge in [0.2, 0.25) is 0 Å². The molecule has 4 atom stereocenters. The fraction of sp³-hybridized carbons (Fsp3) is 0.778. The second kappa shape index (κ2) is 8.06. The molecule has 0 radical (unpaired) electrons. The summed E-state index contributed by atoms with van der Waals surface area (Å²) in [4.78, 5) is 21.6. The van der Waals surface area contributed by atoms with E-state index >= 15 is 0 Å². The van der Waals surface area contributed by atoms with Crippen LogP contribution in [0.4, 0.5) is 0 Å². The van der Waals surface area contributed by atoms with Crippen molar-refractivity contribution >= 4 is 12.3 Å². The van der Waals surface area contributed by atoms with Gasteiger partial charge in [-0.2, -0.15) is 0 Å². The molecule has 132 valence electrons. The second-order valence-corrected chi connectivity index (χ2v) is 8.15. The number of hydrogen-bond acceptors (Lipinski definition) is 4. The number of aliphatic carboxylic acids is 1. The van der Waals surface area contributed by atoms with E-state index < -0.39 is 17.6 Å². The molecule has 1 aliphatic carbocycles. The molecule has 0 aromatic carbocycles. The molecule has 1 fully saturated rings. The largest absolute Gasteiger partial charge is 0.481 e. The Balaban J connectivity index is 2.59. The number of allylic oxidation sites excluding steroid dienone is 1. The van der Waals surface area contributed by atoms with Crippen molar-refractivity contribution in [2.45, 2.75) is 65.0 Å². The van der Waals surface area contributed by atoms with Gasteiger partial charge in [0, 0.05) is 12.1 Å². The van der Waals surface area contributed by atoms with Gasteiger partial charge in [0.25, 0.3) is 0 Å². The van der Waals surface area contributed by atoms with Gasteiger partial charge in [0.15, 0.2) is 0 Å². The smallest absolute Gasteiger partial charge is 0.305 e. The maximum absolute atomic E-state index is 10.9. The lowest BCUT2D eigenvalue weighted by Crippen LogP contribution is -2.48. The number of nitrogens with two attached hydrogens (primary N) is 1. The molecular formula is C18H32N2O3. The Morgan fingerprint density at radius 3 is 2.52 bits per heavy atom. The molecule has 1 saturated carbocycles. The zero-order valence-corrected chi connectivity index (χ0v) is 14.8. The van der Waals surface area contributed by atoms with Gasteiger partial charge in [-0.25, -0.2) is 0 Å². The molecule has 1 aliphatic rings. The Labute approximate surface area is 139 Å². The first kappa shape index (κ1) is 19.8. The summed E-state index contributed by atoms with van der Waals surface area (Å²) in [6.45, 7) is 9.11. The van der Waals surface area contributed by atoms with E-state index in [1.165, 1.54) is 19.3 Å². The fourth-order valence-corrected chi connectivity index (χ4v) is 3.40. The standard InChI is InChI=1S/C18H32N2O3/c1-17(2,3)15-7-5-6-13(15)8-9-18(4,19)12-20-14(11-21)10-16(22)23/h8-9,11,13-15,20H,5-7,10,12,19H2,1-4H3,(H,22,23)/t13?,14-,15?,18?/m0/s1. The molecule has 0 aromatic rings. The molecule has 0 saturated heterocycles. The molecule has 0 spiro atoms. The SMILES string of the molecule is CC(N)(C=CC1CCCC1C(C)(C)C)CN[C@H](C=O)CC(=O)O. The van der Waals surface area contributed by atoms with Crippen molar-refractivity contribution in [3.63, 3.8) is 0 Å². The first-order chi connectivity index (χ1) is 10.5. The highest BCUT2D eigenvalue weighted by atomic mass is 16.4. The van der Waals surface area contributed by atoms with Crippen molar-refractivity contribution in [1.82, 2.24) is 5.32 Å². The predicted molar refractivity (Wildman–Crippen MR) is 92.1 cm³/mol. The summed E-state index contributed by atoms with van der Waals surface area (Å²) in [5, 5.41) is 11.7. The van der Waals surface area contributed by atoms with E-state index in [1.54, 1.807) is 0 Å². The molecule has 1 rings (SSSR count). The number of rotatable bonds is 8.